The number of aliphatic carboxylic acids is 2. The second-order valence-corrected chi connectivity index (χ2v) is 12.9. The molecule has 1 aliphatic carbocycles. The van der Waals surface area contributed by atoms with Crippen molar-refractivity contribution < 1.29 is 44.7 Å². The number of nitrogens with one attached hydrogen (secondary N) is 1. The lowest BCUT2D eigenvalue weighted by molar-refractivity contribution is -0.138. The van der Waals surface area contributed by atoms with Gasteiger partial charge in [-0.05, 0) is 95.5 Å². The average molecular weight is 684 g/mol. The van der Waals surface area contributed by atoms with Gasteiger partial charge in [-0.2, -0.15) is 0 Å². The van der Waals surface area contributed by atoms with E-state index in [0.29, 0.717) is 74.1 Å². The number of ketones is 1. The Bertz CT molecular complexity index is 2400. The maximum Gasteiger partial charge on any atom is 0.303 e. The van der Waals surface area contributed by atoms with Crippen molar-refractivity contribution >= 4 is 72.6 Å². The number of unbranched alkanes of at least 4 members (excludes halogenated alkanes) is 1. The number of carbonyl (C=O) groups excluding carboxylic acids is 1. The first-order valence-corrected chi connectivity index (χ1v) is 16.4. The number of rotatable bonds is 14. The SMILES string of the molecule is COc1c(O)c2c(=O)cc(CO)c3c4c(CO)cc(=O)c5c(NCCCC(=O)O)c(CCCCC(=O)O)c6c(c(c1C(C(C)=O)C(C)=C6)c23)c54. The van der Waals surface area contributed by atoms with E-state index in [2.05, 4.69) is 5.32 Å². The van der Waals surface area contributed by atoms with Crippen LogP contribution in [0.2, 0.25) is 0 Å². The van der Waals surface area contributed by atoms with Gasteiger partial charge in [-0.3, -0.25) is 24.0 Å². The van der Waals surface area contributed by atoms with Gasteiger partial charge in [-0.1, -0.05) is 11.6 Å². The number of fused-ring (bicyclic) bond motifs is 1. The Kier molecular flexibility index (Phi) is 9.10. The molecule has 260 valence electrons. The lowest BCUT2D eigenvalue weighted by Gasteiger charge is -2.26. The number of aliphatic hydroxyl groups is 2. The van der Waals surface area contributed by atoms with Gasteiger partial charge in [-0.25, -0.2) is 0 Å². The number of allylic oxidation sites excluding steroid dienone is 1. The van der Waals surface area contributed by atoms with Gasteiger partial charge in [0.2, 0.25) is 0 Å². The largest absolute Gasteiger partial charge is 0.504 e. The highest BCUT2D eigenvalue weighted by atomic mass is 16.5. The van der Waals surface area contributed by atoms with Crippen molar-refractivity contribution in [3.05, 3.63) is 66.0 Å². The molecule has 0 aromatic heterocycles. The molecular formula is C38H37NO11. The molecule has 1 aliphatic rings. The van der Waals surface area contributed by atoms with E-state index in [9.17, 15) is 49.5 Å². The Labute approximate surface area is 284 Å². The number of ether oxygens (including phenoxy) is 1. The maximum absolute atomic E-state index is 14.3. The molecule has 0 fully saturated rings. The van der Waals surface area contributed by atoms with Gasteiger partial charge in [0.05, 0.1) is 37.0 Å². The highest BCUT2D eigenvalue weighted by molar-refractivity contribution is 6.39. The molecule has 0 amide bonds. The fourth-order valence-electron chi connectivity index (χ4n) is 8.00. The number of Topliss-reactive ketones (excluding diaryl/α,β-unsaturated/α-hetero) is 1. The number of anilines is 1. The molecule has 0 saturated heterocycles. The Hall–Kier alpha value is -5.33. The summed E-state index contributed by atoms with van der Waals surface area (Å²) in [5, 5.41) is 57.4. The molecule has 5 aromatic rings. The molecule has 0 saturated carbocycles. The first kappa shape index (κ1) is 34.5. The van der Waals surface area contributed by atoms with Gasteiger partial charge >= 0.3 is 11.9 Å². The summed E-state index contributed by atoms with van der Waals surface area (Å²) >= 11 is 0. The van der Waals surface area contributed by atoms with E-state index in [1.54, 1.807) is 6.92 Å². The third-order valence-corrected chi connectivity index (χ3v) is 9.86. The van der Waals surface area contributed by atoms with Crippen LogP contribution < -0.4 is 20.9 Å². The van der Waals surface area contributed by atoms with Crippen LogP contribution in [0.3, 0.4) is 0 Å². The second kappa shape index (κ2) is 13.2. The summed E-state index contributed by atoms with van der Waals surface area (Å²) in [5.74, 6) is -3.74. The van der Waals surface area contributed by atoms with Crippen molar-refractivity contribution in [1.82, 2.24) is 0 Å². The fourth-order valence-corrected chi connectivity index (χ4v) is 8.00. The molecule has 1 atom stereocenters. The Morgan fingerprint density at radius 2 is 1.38 bits per heavy atom. The summed E-state index contributed by atoms with van der Waals surface area (Å²) < 4.78 is 5.76. The molecule has 12 heteroatoms. The number of methoxy groups -OCH3 is 1. The molecule has 0 radical (unpaired) electrons. The van der Waals surface area contributed by atoms with Gasteiger partial charge in [0.25, 0.3) is 0 Å². The molecule has 0 spiro atoms. The van der Waals surface area contributed by atoms with E-state index in [4.69, 9.17) is 4.74 Å². The molecule has 1 unspecified atom stereocenters. The van der Waals surface area contributed by atoms with Gasteiger partial charge in [-0.15, -0.1) is 0 Å². The van der Waals surface area contributed by atoms with Crippen molar-refractivity contribution in [3.8, 4) is 11.5 Å². The van der Waals surface area contributed by atoms with Crippen molar-refractivity contribution in [2.45, 2.75) is 71.5 Å². The zero-order valence-electron chi connectivity index (χ0n) is 27.9. The van der Waals surface area contributed by atoms with Crippen LogP contribution in [0.1, 0.15) is 79.7 Å². The van der Waals surface area contributed by atoms with Crippen LogP contribution in [0.4, 0.5) is 5.69 Å². The minimum atomic E-state index is -0.987. The van der Waals surface area contributed by atoms with Crippen LogP contribution >= 0.6 is 0 Å². The van der Waals surface area contributed by atoms with E-state index in [1.807, 2.05) is 6.08 Å². The number of phenolic OH excluding ortho intramolecular Hbond substituents is 1. The zero-order chi connectivity index (χ0) is 36.2. The van der Waals surface area contributed by atoms with Crippen molar-refractivity contribution in [2.24, 2.45) is 0 Å². The van der Waals surface area contributed by atoms with Crippen LogP contribution in [-0.2, 0) is 34.0 Å². The first-order valence-electron chi connectivity index (χ1n) is 16.4. The van der Waals surface area contributed by atoms with E-state index >= 15 is 0 Å². The summed E-state index contributed by atoms with van der Waals surface area (Å²) in [6, 6.07) is 2.50. The van der Waals surface area contributed by atoms with Gasteiger partial charge in [0.1, 0.15) is 5.78 Å². The van der Waals surface area contributed by atoms with Gasteiger partial charge in [0, 0.05) is 41.4 Å². The summed E-state index contributed by atoms with van der Waals surface area (Å²) in [5.41, 5.74) is 1.87. The predicted octanol–water partition coefficient (Wildman–Crippen LogP) is 4.76. The minimum Gasteiger partial charge on any atom is -0.504 e. The van der Waals surface area contributed by atoms with E-state index in [-0.39, 0.29) is 64.6 Å². The number of hydrogen-bond donors (Lipinski definition) is 6. The number of carboxylic acids is 2. The van der Waals surface area contributed by atoms with Crippen LogP contribution in [0.5, 0.6) is 11.5 Å². The number of hydrogen-bond acceptors (Lipinski definition) is 10. The predicted molar refractivity (Wildman–Crippen MR) is 189 cm³/mol. The summed E-state index contributed by atoms with van der Waals surface area (Å²) in [6.45, 7) is 2.18. The highest BCUT2D eigenvalue weighted by Gasteiger charge is 2.36. The number of carboxylic acid groups (broad SMARTS) is 2. The monoisotopic (exact) mass is 683 g/mol. The molecular weight excluding hydrogens is 646 g/mol. The molecule has 5 aromatic carbocycles. The third-order valence-electron chi connectivity index (χ3n) is 9.86. The summed E-state index contributed by atoms with van der Waals surface area (Å²) in [4.78, 5) is 64.4. The standard InChI is InChI=1S/C38H37NO11/c1-16-11-21-20(7-4-5-8-24(45)46)36(39-10-6-9-25(47)48)30-22(43)12-18(14-40)27-28-19(15-41)13-23(44)31-33(28)34(29(21)32(27)30)35(26(16)17(2)42)38(50-3)37(31)49/h11-13,26,39-41,49H,4-10,14-15H2,1-3H3,(H,45,46)(H,47,48). The molecule has 6 N–H and O–H groups in total. The van der Waals surface area contributed by atoms with Crippen LogP contribution in [0.25, 0.3) is 49.2 Å². The Morgan fingerprint density at radius 3 is 1.94 bits per heavy atom. The molecule has 6 rings (SSSR count). The first-order chi connectivity index (χ1) is 23.9. The van der Waals surface area contributed by atoms with Crippen LogP contribution in [-0.4, -0.2) is 56.9 Å². The fraction of sp³-hybridized carbons (Fsp3) is 0.342. The average Bonchev–Trinajstić information content (AvgIpc) is 3.19. The smallest absolute Gasteiger partial charge is 0.303 e. The van der Waals surface area contributed by atoms with E-state index in [0.717, 1.165) is 0 Å². The molecule has 50 heavy (non-hydrogen) atoms. The Balaban J connectivity index is 1.95. The minimum absolute atomic E-state index is 0.0794. The quantitative estimate of drug-likeness (QED) is 0.0532. The number of aromatic hydroxyl groups is 1. The van der Waals surface area contributed by atoms with Crippen molar-refractivity contribution in [3.63, 3.8) is 0 Å². The summed E-state index contributed by atoms with van der Waals surface area (Å²) in [6.07, 6.45) is 2.87. The van der Waals surface area contributed by atoms with Crippen LogP contribution in [0, 0.1) is 0 Å². The lowest BCUT2D eigenvalue weighted by Crippen LogP contribution is -2.16. The molecule has 0 aliphatic heterocycles. The van der Waals surface area contributed by atoms with Crippen molar-refractivity contribution in [2.75, 3.05) is 19.0 Å². The molecule has 12 nitrogen and oxygen atoms in total. The summed E-state index contributed by atoms with van der Waals surface area (Å²) in [7, 11) is 1.32. The number of carbonyl (C=O) groups is 3. The second-order valence-electron chi connectivity index (χ2n) is 12.9. The van der Waals surface area contributed by atoms with Gasteiger partial charge in [0.15, 0.2) is 22.4 Å². The van der Waals surface area contributed by atoms with Gasteiger partial charge < -0.3 is 35.6 Å². The Morgan fingerprint density at radius 1 is 0.800 bits per heavy atom. The molecule has 0 bridgehead atoms. The highest BCUT2D eigenvalue weighted by Crippen LogP contribution is 2.56. The maximum atomic E-state index is 14.3. The normalized spacial score (nSPS) is 14.2. The van der Waals surface area contributed by atoms with E-state index in [1.165, 1.54) is 26.2 Å². The number of aliphatic hydroxyl groups excluding tert-OH is 2. The third kappa shape index (κ3) is 5.26. The lowest BCUT2D eigenvalue weighted by atomic mass is 9.78. The van der Waals surface area contributed by atoms with Crippen molar-refractivity contribution in [1.29, 1.82) is 0 Å². The number of benzene rings is 5. The molecule has 0 heterocycles. The van der Waals surface area contributed by atoms with E-state index < -0.39 is 47.7 Å². The topological polar surface area (TPSA) is 208 Å². The number of phenols is 1. The zero-order valence-corrected chi connectivity index (χ0v) is 27.9. The van der Waals surface area contributed by atoms with Crippen LogP contribution in [0.15, 0.2) is 27.3 Å².